The van der Waals surface area contributed by atoms with Gasteiger partial charge in [0.05, 0.1) is 11.7 Å². The molecular formula is C26H25F3N8. The number of anilines is 3. The first-order chi connectivity index (χ1) is 17.9. The van der Waals surface area contributed by atoms with Crippen molar-refractivity contribution >= 4 is 28.4 Å². The van der Waals surface area contributed by atoms with E-state index in [1.807, 2.05) is 6.20 Å². The zero-order valence-electron chi connectivity index (χ0n) is 20.3. The third-order valence-corrected chi connectivity index (χ3v) is 6.64. The molecule has 2 atom stereocenters. The molecule has 0 bridgehead atoms. The fourth-order valence-corrected chi connectivity index (χ4v) is 4.96. The number of nitrogens with one attached hydrogen (secondary N) is 2. The Balaban J connectivity index is 1.44. The van der Waals surface area contributed by atoms with Gasteiger partial charge in [-0.2, -0.15) is 13.8 Å². The van der Waals surface area contributed by atoms with Gasteiger partial charge in [-0.3, -0.25) is 4.98 Å². The minimum Gasteiger partial charge on any atom is -0.353 e. The van der Waals surface area contributed by atoms with Crippen LogP contribution in [0.25, 0.3) is 22.3 Å². The minimum absolute atomic E-state index is 0.147. The highest BCUT2D eigenvalue weighted by Crippen LogP contribution is 2.45. The normalized spacial score (nSPS) is 19.9. The summed E-state index contributed by atoms with van der Waals surface area (Å²) in [4.78, 5) is 24.2. The summed E-state index contributed by atoms with van der Waals surface area (Å²) in [5.41, 5.74) is 2.52. The van der Waals surface area contributed by atoms with E-state index < -0.39 is 23.4 Å². The molecule has 0 radical (unpaired) electrons. The average molecular weight is 507 g/mol. The van der Waals surface area contributed by atoms with Crippen LogP contribution in [0.5, 0.6) is 0 Å². The SMILES string of the molecule is C[C@@H]1CN(c2nc(-c3ccnc(Nc4nc(F)cc(F)c4F)c3)nc3cncc(C4CC4)c23)C[C@H](C)N1. The highest BCUT2D eigenvalue weighted by molar-refractivity contribution is 5.94. The van der Waals surface area contributed by atoms with Crippen LogP contribution in [0.15, 0.2) is 36.8 Å². The Morgan fingerprint density at radius 2 is 1.78 bits per heavy atom. The zero-order chi connectivity index (χ0) is 25.7. The number of aromatic nitrogens is 5. The summed E-state index contributed by atoms with van der Waals surface area (Å²) < 4.78 is 41.4. The Kier molecular flexibility index (Phi) is 5.86. The molecule has 0 amide bonds. The highest BCUT2D eigenvalue weighted by Gasteiger charge is 2.31. The second kappa shape index (κ2) is 9.22. The van der Waals surface area contributed by atoms with Gasteiger partial charge < -0.3 is 15.5 Å². The Morgan fingerprint density at radius 3 is 2.54 bits per heavy atom. The fourth-order valence-electron chi connectivity index (χ4n) is 4.96. The molecule has 0 aromatic carbocycles. The summed E-state index contributed by atoms with van der Waals surface area (Å²) >= 11 is 0. The summed E-state index contributed by atoms with van der Waals surface area (Å²) in [5.74, 6) is -2.45. The molecule has 4 aromatic heterocycles. The smallest absolute Gasteiger partial charge is 0.217 e. The van der Waals surface area contributed by atoms with Crippen molar-refractivity contribution in [2.45, 2.75) is 44.7 Å². The van der Waals surface area contributed by atoms with Crippen molar-refractivity contribution in [2.24, 2.45) is 0 Å². The standard InChI is InChI=1S/C26H25F3N8/c1-13-11-37(12-14(2)32-13)26-22-17(15-3-4-15)9-30-10-19(22)33-24(36-26)16-5-6-31-21(7-16)35-25-23(29)18(27)8-20(28)34-25/h5-10,13-15,32H,3-4,11-12H2,1-2H3,(H,31,34,35)/t13-,14+. The van der Waals surface area contributed by atoms with Crippen LogP contribution in [0.3, 0.4) is 0 Å². The van der Waals surface area contributed by atoms with E-state index in [0.29, 0.717) is 23.4 Å². The van der Waals surface area contributed by atoms with Gasteiger partial charge in [-0.15, -0.1) is 0 Å². The van der Waals surface area contributed by atoms with Crippen LogP contribution in [0.2, 0.25) is 0 Å². The van der Waals surface area contributed by atoms with E-state index in [1.54, 1.807) is 18.3 Å². The van der Waals surface area contributed by atoms with Crippen LogP contribution in [-0.4, -0.2) is 50.1 Å². The Hall–Kier alpha value is -3.86. The van der Waals surface area contributed by atoms with E-state index in [1.165, 1.54) is 11.8 Å². The van der Waals surface area contributed by atoms with Crippen molar-refractivity contribution < 1.29 is 13.2 Å². The Morgan fingerprint density at radius 1 is 1.00 bits per heavy atom. The summed E-state index contributed by atoms with van der Waals surface area (Å²) in [7, 11) is 0. The lowest BCUT2D eigenvalue weighted by Gasteiger charge is -2.37. The molecule has 6 rings (SSSR count). The van der Waals surface area contributed by atoms with Crippen LogP contribution in [-0.2, 0) is 0 Å². The van der Waals surface area contributed by atoms with E-state index in [-0.39, 0.29) is 17.9 Å². The summed E-state index contributed by atoms with van der Waals surface area (Å²) in [5, 5.41) is 7.15. The number of piperazine rings is 1. The molecule has 4 aromatic rings. The van der Waals surface area contributed by atoms with Gasteiger partial charge in [-0.1, -0.05) is 0 Å². The molecule has 2 N–H and O–H groups in total. The summed E-state index contributed by atoms with van der Waals surface area (Å²) in [6, 6.07) is 4.28. The third kappa shape index (κ3) is 4.66. The minimum atomic E-state index is -1.34. The molecule has 1 saturated carbocycles. The molecule has 2 aliphatic rings. The number of hydrogen-bond donors (Lipinski definition) is 2. The van der Waals surface area contributed by atoms with Crippen molar-refractivity contribution in [3.63, 3.8) is 0 Å². The summed E-state index contributed by atoms with van der Waals surface area (Å²) in [6.07, 6.45) is 7.42. The molecule has 8 nitrogen and oxygen atoms in total. The fraction of sp³-hybridized carbons (Fsp3) is 0.346. The molecule has 11 heteroatoms. The van der Waals surface area contributed by atoms with Crippen LogP contribution < -0.4 is 15.5 Å². The topological polar surface area (TPSA) is 91.8 Å². The van der Waals surface area contributed by atoms with Crippen molar-refractivity contribution in [3.05, 3.63) is 59.9 Å². The predicted molar refractivity (Wildman–Crippen MR) is 134 cm³/mol. The molecule has 1 saturated heterocycles. The maximum absolute atomic E-state index is 14.2. The molecule has 1 aliphatic heterocycles. The zero-order valence-corrected chi connectivity index (χ0v) is 20.3. The first-order valence-electron chi connectivity index (χ1n) is 12.3. The molecule has 0 spiro atoms. The first-order valence-corrected chi connectivity index (χ1v) is 12.3. The van der Waals surface area contributed by atoms with Crippen molar-refractivity contribution in [2.75, 3.05) is 23.3 Å². The van der Waals surface area contributed by atoms with Crippen LogP contribution in [0.1, 0.15) is 38.2 Å². The van der Waals surface area contributed by atoms with Crippen molar-refractivity contribution in [3.8, 4) is 11.4 Å². The second-order valence-electron chi connectivity index (χ2n) is 9.79. The lowest BCUT2D eigenvalue weighted by atomic mass is 10.1. The van der Waals surface area contributed by atoms with Gasteiger partial charge in [-0.25, -0.2) is 19.3 Å². The monoisotopic (exact) mass is 506 g/mol. The molecule has 37 heavy (non-hydrogen) atoms. The number of nitrogens with zero attached hydrogens (tertiary/aromatic N) is 6. The first kappa shape index (κ1) is 23.5. The molecular weight excluding hydrogens is 481 g/mol. The number of halogens is 3. The van der Waals surface area contributed by atoms with Crippen molar-refractivity contribution in [1.29, 1.82) is 0 Å². The maximum atomic E-state index is 14.2. The summed E-state index contributed by atoms with van der Waals surface area (Å²) in [6.45, 7) is 5.89. The number of fused-ring (bicyclic) bond motifs is 1. The Bertz CT molecular complexity index is 1480. The van der Waals surface area contributed by atoms with Gasteiger partial charge in [0.25, 0.3) is 0 Å². The molecule has 2 fully saturated rings. The van der Waals surface area contributed by atoms with Crippen LogP contribution >= 0.6 is 0 Å². The van der Waals surface area contributed by atoms with Crippen molar-refractivity contribution in [1.82, 2.24) is 30.2 Å². The molecule has 0 unspecified atom stereocenters. The van der Waals surface area contributed by atoms with Crippen LogP contribution in [0.4, 0.5) is 30.6 Å². The van der Waals surface area contributed by atoms with Crippen LogP contribution in [0, 0.1) is 17.6 Å². The molecule has 5 heterocycles. The Labute approximate surface area is 211 Å². The van der Waals surface area contributed by atoms with Gasteiger partial charge >= 0.3 is 0 Å². The van der Waals surface area contributed by atoms with E-state index in [4.69, 9.17) is 9.97 Å². The maximum Gasteiger partial charge on any atom is 0.217 e. The highest BCUT2D eigenvalue weighted by atomic mass is 19.2. The number of rotatable bonds is 5. The van der Waals surface area contributed by atoms with E-state index in [0.717, 1.165) is 42.7 Å². The largest absolute Gasteiger partial charge is 0.353 e. The lowest BCUT2D eigenvalue weighted by molar-refractivity contribution is 0.406. The number of pyridine rings is 3. The average Bonchev–Trinajstić information content (AvgIpc) is 3.71. The van der Waals surface area contributed by atoms with Gasteiger partial charge in [0.15, 0.2) is 17.5 Å². The molecule has 1 aliphatic carbocycles. The van der Waals surface area contributed by atoms with Gasteiger partial charge in [0, 0.05) is 54.6 Å². The predicted octanol–water partition coefficient (Wildman–Crippen LogP) is 4.71. The van der Waals surface area contributed by atoms with E-state index in [2.05, 4.69) is 44.3 Å². The van der Waals surface area contributed by atoms with E-state index >= 15 is 0 Å². The lowest BCUT2D eigenvalue weighted by Crippen LogP contribution is -2.54. The quantitative estimate of drug-likeness (QED) is 0.376. The van der Waals surface area contributed by atoms with Gasteiger partial charge in [0.2, 0.25) is 11.8 Å². The molecule has 190 valence electrons. The number of hydrogen-bond acceptors (Lipinski definition) is 8. The van der Waals surface area contributed by atoms with Gasteiger partial charge in [-0.05, 0) is 50.3 Å². The van der Waals surface area contributed by atoms with Gasteiger partial charge in [0.1, 0.15) is 11.6 Å². The van der Waals surface area contributed by atoms with E-state index in [9.17, 15) is 13.2 Å². The third-order valence-electron chi connectivity index (χ3n) is 6.64. The second-order valence-corrected chi connectivity index (χ2v) is 9.79.